The molecule has 166 valence electrons. The van der Waals surface area contributed by atoms with Crippen LogP contribution in [0.2, 0.25) is 5.02 Å². The zero-order valence-electron chi connectivity index (χ0n) is 17.6. The van der Waals surface area contributed by atoms with Gasteiger partial charge < -0.3 is 20.5 Å². The van der Waals surface area contributed by atoms with Crippen LogP contribution in [0.15, 0.2) is 36.7 Å². The number of hydrogen-bond donors (Lipinski definition) is 3. The second-order valence-corrected chi connectivity index (χ2v) is 8.98. The normalized spacial score (nSPS) is 20.5. The molecule has 3 aromatic rings. The molecule has 31 heavy (non-hydrogen) atoms. The van der Waals surface area contributed by atoms with E-state index in [0.717, 1.165) is 54.1 Å². The molecule has 0 aliphatic carbocycles. The molecule has 1 aromatic carbocycles. The lowest BCUT2D eigenvalue weighted by Gasteiger charge is -2.36. The highest BCUT2D eigenvalue weighted by Gasteiger charge is 2.24. The van der Waals surface area contributed by atoms with E-state index in [1.807, 2.05) is 18.3 Å². The molecule has 5 rings (SSSR count). The molecule has 0 unspecified atom stereocenters. The lowest BCUT2D eigenvalue weighted by Crippen LogP contribution is -2.45. The molecule has 6 nitrogen and oxygen atoms in total. The van der Waals surface area contributed by atoms with Gasteiger partial charge in [0, 0.05) is 41.8 Å². The van der Waals surface area contributed by atoms with Crippen LogP contribution in [0.5, 0.6) is 0 Å². The summed E-state index contributed by atoms with van der Waals surface area (Å²) in [5.41, 5.74) is 2.86. The average Bonchev–Trinajstić information content (AvgIpc) is 3.20. The molecular formula is C23H30Cl2N6. The summed E-state index contributed by atoms with van der Waals surface area (Å²) in [5, 5.41) is 8.74. The molecular weight excluding hydrogens is 431 g/mol. The maximum Gasteiger partial charge on any atom is 0.223 e. The minimum Gasteiger partial charge on any atom is -0.360 e. The third-order valence-electron chi connectivity index (χ3n) is 6.40. The van der Waals surface area contributed by atoms with Crippen LogP contribution in [0.4, 0.5) is 5.95 Å². The number of H-pyrrole nitrogens is 1. The number of hydrogen-bond acceptors (Lipinski definition) is 5. The second-order valence-electron chi connectivity index (χ2n) is 8.57. The number of aromatic nitrogens is 3. The number of halogens is 2. The molecule has 3 N–H and O–H groups in total. The van der Waals surface area contributed by atoms with Crippen molar-refractivity contribution in [1.29, 1.82) is 0 Å². The van der Waals surface area contributed by atoms with E-state index in [1.165, 1.54) is 32.4 Å². The zero-order chi connectivity index (χ0) is 20.3. The number of fused-ring (bicyclic) bond motifs is 1. The summed E-state index contributed by atoms with van der Waals surface area (Å²) in [6.45, 7) is 5.79. The quantitative estimate of drug-likeness (QED) is 0.519. The fraction of sp³-hybridized carbons (Fsp3) is 0.478. The lowest BCUT2D eigenvalue weighted by atomic mass is 9.96. The Bertz CT molecular complexity index is 1000. The van der Waals surface area contributed by atoms with Gasteiger partial charge in [0.1, 0.15) is 0 Å². The molecule has 4 heterocycles. The molecule has 2 aliphatic heterocycles. The summed E-state index contributed by atoms with van der Waals surface area (Å²) in [7, 11) is 0. The van der Waals surface area contributed by atoms with E-state index in [2.05, 4.69) is 37.6 Å². The van der Waals surface area contributed by atoms with Crippen LogP contribution in [-0.2, 0) is 0 Å². The van der Waals surface area contributed by atoms with E-state index < -0.39 is 0 Å². The molecule has 2 aromatic heterocycles. The summed E-state index contributed by atoms with van der Waals surface area (Å²) < 4.78 is 0. The van der Waals surface area contributed by atoms with Crippen molar-refractivity contribution < 1.29 is 0 Å². The van der Waals surface area contributed by atoms with Crippen LogP contribution in [0.25, 0.3) is 22.2 Å². The van der Waals surface area contributed by atoms with E-state index >= 15 is 0 Å². The SMILES string of the molecule is Cl.Clc1cnc(N[C@@H]2CCCN(CC3CCNCC3)C2)nc1-c1c[nH]c2ccccc12. The predicted octanol–water partition coefficient (Wildman–Crippen LogP) is 4.58. The summed E-state index contributed by atoms with van der Waals surface area (Å²) in [6.07, 6.45) is 8.64. The molecule has 8 heteroatoms. The summed E-state index contributed by atoms with van der Waals surface area (Å²) >= 11 is 6.48. The Hall–Kier alpha value is -1.86. The third kappa shape index (κ3) is 5.14. The fourth-order valence-corrected chi connectivity index (χ4v) is 5.04. The Labute approximate surface area is 194 Å². The summed E-state index contributed by atoms with van der Waals surface area (Å²) in [4.78, 5) is 15.2. The van der Waals surface area contributed by atoms with Gasteiger partial charge in [-0.3, -0.25) is 0 Å². The van der Waals surface area contributed by atoms with E-state index in [-0.39, 0.29) is 12.4 Å². The first-order valence-electron chi connectivity index (χ1n) is 11.0. The number of piperidine rings is 2. The Kier molecular flexibility index (Phi) is 7.33. The van der Waals surface area contributed by atoms with E-state index in [0.29, 0.717) is 17.0 Å². The van der Waals surface area contributed by atoms with E-state index in [9.17, 15) is 0 Å². The molecule has 0 saturated carbocycles. The van der Waals surface area contributed by atoms with E-state index in [1.54, 1.807) is 6.20 Å². The molecule has 0 bridgehead atoms. The Morgan fingerprint density at radius 3 is 2.87 bits per heavy atom. The Morgan fingerprint density at radius 2 is 2.00 bits per heavy atom. The maximum atomic E-state index is 6.48. The van der Waals surface area contributed by atoms with Crippen LogP contribution in [-0.4, -0.2) is 58.6 Å². The summed E-state index contributed by atoms with van der Waals surface area (Å²) in [6, 6.07) is 8.58. The largest absolute Gasteiger partial charge is 0.360 e. The van der Waals surface area contributed by atoms with Gasteiger partial charge in [0.25, 0.3) is 0 Å². The van der Waals surface area contributed by atoms with Crippen molar-refractivity contribution in [2.45, 2.75) is 31.7 Å². The Morgan fingerprint density at radius 1 is 1.16 bits per heavy atom. The molecule has 2 saturated heterocycles. The van der Waals surface area contributed by atoms with Crippen molar-refractivity contribution in [2.24, 2.45) is 5.92 Å². The van der Waals surface area contributed by atoms with Gasteiger partial charge in [-0.2, -0.15) is 0 Å². The predicted molar refractivity (Wildman–Crippen MR) is 130 cm³/mol. The van der Waals surface area contributed by atoms with E-state index in [4.69, 9.17) is 16.6 Å². The van der Waals surface area contributed by atoms with Crippen molar-refractivity contribution in [2.75, 3.05) is 38.0 Å². The first-order chi connectivity index (χ1) is 14.8. The third-order valence-corrected chi connectivity index (χ3v) is 6.68. The maximum absolute atomic E-state index is 6.48. The van der Waals surface area contributed by atoms with Gasteiger partial charge in [0.2, 0.25) is 5.95 Å². The number of nitrogens with zero attached hydrogens (tertiary/aromatic N) is 3. The van der Waals surface area contributed by atoms with Gasteiger partial charge in [-0.1, -0.05) is 29.8 Å². The van der Waals surface area contributed by atoms with Crippen LogP contribution in [0, 0.1) is 5.92 Å². The number of nitrogens with one attached hydrogen (secondary N) is 3. The van der Waals surface area contributed by atoms with Gasteiger partial charge in [0.15, 0.2) is 0 Å². The smallest absolute Gasteiger partial charge is 0.223 e. The first-order valence-corrected chi connectivity index (χ1v) is 11.4. The number of anilines is 1. The van der Waals surface area contributed by atoms with Crippen molar-refractivity contribution in [3.8, 4) is 11.3 Å². The van der Waals surface area contributed by atoms with Gasteiger partial charge in [0.05, 0.1) is 16.9 Å². The summed E-state index contributed by atoms with van der Waals surface area (Å²) in [5.74, 6) is 1.48. The topological polar surface area (TPSA) is 68.9 Å². The molecule has 2 aliphatic rings. The number of para-hydroxylation sites is 1. The van der Waals surface area contributed by atoms with Crippen LogP contribution in [0.3, 0.4) is 0 Å². The van der Waals surface area contributed by atoms with Gasteiger partial charge in [-0.15, -0.1) is 12.4 Å². The molecule has 1 atom stereocenters. The standard InChI is InChI=1S/C23H29ClN6.ClH/c24-20-13-27-23(29-22(20)19-12-26-21-6-2-1-5-18(19)21)28-17-4-3-11-30(15-17)14-16-7-9-25-10-8-16;/h1-2,5-6,12-13,16-17,25-26H,3-4,7-11,14-15H2,(H,27,28,29);1H/t17-;/m1./s1. The second kappa shape index (κ2) is 10.2. The number of rotatable bonds is 5. The monoisotopic (exact) mass is 460 g/mol. The van der Waals surface area contributed by atoms with Crippen LogP contribution in [0.1, 0.15) is 25.7 Å². The minimum atomic E-state index is 0. The average molecular weight is 461 g/mol. The molecule has 0 amide bonds. The lowest BCUT2D eigenvalue weighted by molar-refractivity contribution is 0.169. The van der Waals surface area contributed by atoms with Crippen molar-refractivity contribution in [1.82, 2.24) is 25.2 Å². The van der Waals surface area contributed by atoms with Gasteiger partial charge >= 0.3 is 0 Å². The van der Waals surface area contributed by atoms with Crippen molar-refractivity contribution in [3.05, 3.63) is 41.7 Å². The highest BCUT2D eigenvalue weighted by Crippen LogP contribution is 2.32. The van der Waals surface area contributed by atoms with Gasteiger partial charge in [-0.25, -0.2) is 9.97 Å². The molecule has 2 fully saturated rings. The van der Waals surface area contributed by atoms with Crippen LogP contribution >= 0.6 is 24.0 Å². The number of benzene rings is 1. The number of likely N-dealkylation sites (tertiary alicyclic amines) is 1. The number of aromatic amines is 1. The zero-order valence-corrected chi connectivity index (χ0v) is 19.2. The van der Waals surface area contributed by atoms with Crippen LogP contribution < -0.4 is 10.6 Å². The Balaban J connectivity index is 0.00000231. The first kappa shape index (κ1) is 22.3. The fourth-order valence-electron chi connectivity index (χ4n) is 4.84. The highest BCUT2D eigenvalue weighted by molar-refractivity contribution is 6.33. The highest BCUT2D eigenvalue weighted by atomic mass is 35.5. The van der Waals surface area contributed by atoms with Gasteiger partial charge in [-0.05, 0) is 57.3 Å². The molecule has 0 spiro atoms. The molecule has 0 radical (unpaired) electrons. The minimum absolute atomic E-state index is 0. The van der Waals surface area contributed by atoms with Crippen molar-refractivity contribution >= 4 is 40.9 Å². The van der Waals surface area contributed by atoms with Crippen molar-refractivity contribution in [3.63, 3.8) is 0 Å².